The second kappa shape index (κ2) is 6.03. The number of hydrogen-bond donors (Lipinski definition) is 2. The van der Waals surface area contributed by atoms with E-state index in [9.17, 15) is 17.9 Å². The molecular weight excluding hydrogens is 317 g/mol. The number of sulfonamides is 1. The zero-order valence-corrected chi connectivity index (χ0v) is 13.3. The molecule has 1 aliphatic rings. The summed E-state index contributed by atoms with van der Waals surface area (Å²) in [6.07, 6.45) is 1.68. The van der Waals surface area contributed by atoms with Crippen LogP contribution in [0.15, 0.2) is 59.5 Å². The predicted molar refractivity (Wildman–Crippen MR) is 84.7 cm³/mol. The third-order valence-electron chi connectivity index (χ3n) is 4.18. The van der Waals surface area contributed by atoms with Crippen LogP contribution in [0.25, 0.3) is 0 Å². The van der Waals surface area contributed by atoms with Gasteiger partial charge in [0, 0.05) is 6.54 Å². The van der Waals surface area contributed by atoms with Crippen LogP contribution in [0, 0.1) is 11.7 Å². The van der Waals surface area contributed by atoms with Gasteiger partial charge in [0.05, 0.1) is 0 Å². The molecule has 0 bridgehead atoms. The van der Waals surface area contributed by atoms with Gasteiger partial charge < -0.3 is 5.11 Å². The number of rotatable bonds is 6. The monoisotopic (exact) mass is 335 g/mol. The highest BCUT2D eigenvalue weighted by Crippen LogP contribution is 2.45. The van der Waals surface area contributed by atoms with Gasteiger partial charge >= 0.3 is 0 Å². The number of aliphatic hydroxyl groups is 1. The molecule has 0 aromatic heterocycles. The van der Waals surface area contributed by atoms with Gasteiger partial charge in [-0.15, -0.1) is 0 Å². The quantitative estimate of drug-likeness (QED) is 0.852. The molecule has 122 valence electrons. The van der Waals surface area contributed by atoms with Crippen molar-refractivity contribution in [2.45, 2.75) is 23.3 Å². The zero-order chi connectivity index (χ0) is 16.5. The van der Waals surface area contributed by atoms with Gasteiger partial charge in [0.1, 0.15) is 16.3 Å². The van der Waals surface area contributed by atoms with Crippen LogP contribution in [0.2, 0.25) is 0 Å². The molecule has 0 amide bonds. The van der Waals surface area contributed by atoms with Gasteiger partial charge in [-0.2, -0.15) is 0 Å². The van der Waals surface area contributed by atoms with Crippen molar-refractivity contribution in [3.63, 3.8) is 0 Å². The van der Waals surface area contributed by atoms with Crippen LogP contribution in [-0.4, -0.2) is 20.1 Å². The fraction of sp³-hybridized carbons (Fsp3) is 0.294. The molecule has 6 heteroatoms. The highest BCUT2D eigenvalue weighted by atomic mass is 32.2. The SMILES string of the molecule is O=S(=O)(NC[C@@](O)(c1ccccc1)C1CC1)c1ccccc1F. The fourth-order valence-electron chi connectivity index (χ4n) is 2.72. The molecule has 23 heavy (non-hydrogen) atoms. The zero-order valence-electron chi connectivity index (χ0n) is 12.4. The van der Waals surface area contributed by atoms with E-state index in [1.165, 1.54) is 18.2 Å². The van der Waals surface area contributed by atoms with Crippen molar-refractivity contribution in [1.82, 2.24) is 4.72 Å². The molecule has 4 nitrogen and oxygen atoms in total. The predicted octanol–water partition coefficient (Wildman–Crippen LogP) is 2.40. The molecule has 0 heterocycles. The Labute approximate surface area is 135 Å². The maximum absolute atomic E-state index is 13.7. The van der Waals surface area contributed by atoms with Gasteiger partial charge in [-0.05, 0) is 36.5 Å². The third-order valence-corrected chi connectivity index (χ3v) is 5.62. The summed E-state index contributed by atoms with van der Waals surface area (Å²) in [5, 5.41) is 11.0. The molecule has 2 aromatic carbocycles. The van der Waals surface area contributed by atoms with Crippen molar-refractivity contribution in [3.8, 4) is 0 Å². The maximum Gasteiger partial charge on any atom is 0.243 e. The van der Waals surface area contributed by atoms with Crippen molar-refractivity contribution in [3.05, 3.63) is 66.0 Å². The van der Waals surface area contributed by atoms with Gasteiger partial charge in [-0.25, -0.2) is 17.5 Å². The first kappa shape index (κ1) is 16.1. The minimum absolute atomic E-state index is 0.00761. The Morgan fingerprint density at radius 1 is 1.09 bits per heavy atom. The van der Waals surface area contributed by atoms with Crippen LogP contribution in [0.4, 0.5) is 4.39 Å². The fourth-order valence-corrected chi connectivity index (χ4v) is 3.86. The number of hydrogen-bond acceptors (Lipinski definition) is 3. The van der Waals surface area contributed by atoms with Crippen LogP contribution in [0.3, 0.4) is 0 Å². The summed E-state index contributed by atoms with van der Waals surface area (Å²) in [5.41, 5.74) is -0.613. The molecule has 0 saturated heterocycles. The van der Waals surface area contributed by atoms with Crippen molar-refractivity contribution < 1.29 is 17.9 Å². The van der Waals surface area contributed by atoms with Crippen LogP contribution < -0.4 is 4.72 Å². The molecule has 3 rings (SSSR count). The van der Waals surface area contributed by atoms with E-state index in [0.717, 1.165) is 18.9 Å². The molecule has 2 aromatic rings. The van der Waals surface area contributed by atoms with Gasteiger partial charge in [-0.3, -0.25) is 0 Å². The van der Waals surface area contributed by atoms with Crippen molar-refractivity contribution in [1.29, 1.82) is 0 Å². The second-order valence-corrected chi connectivity index (χ2v) is 7.55. The van der Waals surface area contributed by atoms with Gasteiger partial charge in [0.15, 0.2) is 0 Å². The first-order chi connectivity index (χ1) is 10.9. The molecule has 0 spiro atoms. The average Bonchev–Trinajstić information content (AvgIpc) is 3.39. The second-order valence-electron chi connectivity index (χ2n) is 5.82. The molecule has 1 saturated carbocycles. The number of halogens is 1. The van der Waals surface area contributed by atoms with Gasteiger partial charge in [0.25, 0.3) is 0 Å². The first-order valence-electron chi connectivity index (χ1n) is 7.45. The van der Waals surface area contributed by atoms with Crippen molar-refractivity contribution >= 4 is 10.0 Å². The van der Waals surface area contributed by atoms with Crippen molar-refractivity contribution in [2.75, 3.05) is 6.54 Å². The highest BCUT2D eigenvalue weighted by Gasteiger charge is 2.45. The van der Waals surface area contributed by atoms with Crippen LogP contribution in [0.5, 0.6) is 0 Å². The molecule has 2 N–H and O–H groups in total. The Hall–Kier alpha value is -1.76. The topological polar surface area (TPSA) is 66.4 Å². The molecule has 1 atom stereocenters. The number of benzene rings is 2. The van der Waals surface area contributed by atoms with E-state index >= 15 is 0 Å². The smallest absolute Gasteiger partial charge is 0.243 e. The van der Waals surface area contributed by atoms with Crippen LogP contribution in [0.1, 0.15) is 18.4 Å². The average molecular weight is 335 g/mol. The van der Waals surface area contributed by atoms with Gasteiger partial charge in [0.2, 0.25) is 10.0 Å². The van der Waals surface area contributed by atoms with Crippen molar-refractivity contribution in [2.24, 2.45) is 5.92 Å². The van der Waals surface area contributed by atoms with Crippen LogP contribution >= 0.6 is 0 Å². The Balaban J connectivity index is 1.84. The Morgan fingerprint density at radius 3 is 2.30 bits per heavy atom. The van der Waals surface area contributed by atoms with E-state index < -0.39 is 26.3 Å². The van der Waals surface area contributed by atoms with Crippen LogP contribution in [-0.2, 0) is 15.6 Å². The lowest BCUT2D eigenvalue weighted by Gasteiger charge is -2.29. The lowest BCUT2D eigenvalue weighted by molar-refractivity contribution is 0.0185. The Kier molecular flexibility index (Phi) is 4.23. The van der Waals surface area contributed by atoms with Gasteiger partial charge in [-0.1, -0.05) is 42.5 Å². The third kappa shape index (κ3) is 3.29. The summed E-state index contributed by atoms with van der Waals surface area (Å²) in [6, 6.07) is 14.2. The Morgan fingerprint density at radius 2 is 1.70 bits per heavy atom. The van der Waals surface area contributed by atoms with E-state index in [0.29, 0.717) is 5.56 Å². The van der Waals surface area contributed by atoms with E-state index in [1.54, 1.807) is 24.3 Å². The largest absolute Gasteiger partial charge is 0.383 e. The standard InChI is InChI=1S/C17H18FNO3S/c18-15-8-4-5-9-16(15)23(21,22)19-12-17(20,14-10-11-14)13-6-2-1-3-7-13/h1-9,14,19-20H,10-12H2/t17-/m1/s1. The Bertz CT molecular complexity index is 790. The highest BCUT2D eigenvalue weighted by molar-refractivity contribution is 7.89. The minimum Gasteiger partial charge on any atom is -0.383 e. The molecular formula is C17H18FNO3S. The maximum atomic E-state index is 13.7. The van der Waals surface area contributed by atoms with E-state index in [4.69, 9.17) is 0 Å². The summed E-state index contributed by atoms with van der Waals surface area (Å²) in [4.78, 5) is -0.411. The van der Waals surface area contributed by atoms with E-state index in [1.807, 2.05) is 6.07 Å². The first-order valence-corrected chi connectivity index (χ1v) is 8.94. The summed E-state index contributed by atoms with van der Waals surface area (Å²) in [5.74, 6) is -0.803. The molecule has 0 radical (unpaired) electrons. The minimum atomic E-state index is -4.02. The summed E-state index contributed by atoms with van der Waals surface area (Å²) in [7, 11) is -4.02. The van der Waals surface area contributed by atoms with E-state index in [2.05, 4.69) is 4.72 Å². The molecule has 0 unspecified atom stereocenters. The molecule has 1 aliphatic carbocycles. The summed E-state index contributed by atoms with van der Waals surface area (Å²) < 4.78 is 40.7. The number of nitrogens with one attached hydrogen (secondary N) is 1. The molecule has 1 fully saturated rings. The lowest BCUT2D eigenvalue weighted by atomic mass is 9.89. The lowest BCUT2D eigenvalue weighted by Crippen LogP contribution is -2.42. The van der Waals surface area contributed by atoms with E-state index in [-0.39, 0.29) is 12.5 Å². The summed E-state index contributed by atoms with van der Waals surface area (Å²) in [6.45, 7) is -0.182. The molecule has 0 aliphatic heterocycles. The summed E-state index contributed by atoms with van der Waals surface area (Å²) >= 11 is 0. The normalized spacial score (nSPS) is 17.7.